The number of carbonyl (C=O) groups excluding carboxylic acids is 3. The lowest BCUT2D eigenvalue weighted by Crippen LogP contribution is -2.30. The fourth-order valence-corrected chi connectivity index (χ4v) is 8.94. The van der Waals surface area contributed by atoms with E-state index in [-0.39, 0.29) is 25.9 Å². The van der Waals surface area contributed by atoms with Gasteiger partial charge in [0.15, 0.2) is 6.10 Å². The Hall–Kier alpha value is -3.34. The van der Waals surface area contributed by atoms with E-state index in [0.29, 0.717) is 19.3 Å². The summed E-state index contributed by atoms with van der Waals surface area (Å²) >= 11 is 0. The molecule has 0 amide bonds. The lowest BCUT2D eigenvalue weighted by molar-refractivity contribution is -0.161. The van der Waals surface area contributed by atoms with Crippen LogP contribution in [0.3, 0.4) is 0 Å². The molecule has 0 rings (SSSR count). The average Bonchev–Trinajstić information content (AvgIpc) is 3.41. The zero-order valence-electron chi connectivity index (χ0n) is 48.5. The van der Waals surface area contributed by atoms with Gasteiger partial charge in [0.05, 0.1) is 19.8 Å². The molecule has 0 aliphatic heterocycles. The van der Waals surface area contributed by atoms with Crippen molar-refractivity contribution in [2.45, 2.75) is 277 Å². The second kappa shape index (κ2) is 57.8. The Morgan fingerprint density at radius 2 is 0.711 bits per heavy atom. The van der Waals surface area contributed by atoms with Gasteiger partial charge in [0, 0.05) is 19.3 Å². The molecule has 0 radical (unpaired) electrons. The van der Waals surface area contributed by atoms with Crippen LogP contribution in [0, 0.1) is 0 Å². The van der Waals surface area contributed by atoms with Crippen molar-refractivity contribution in [1.82, 2.24) is 0 Å². The van der Waals surface area contributed by atoms with Crippen LogP contribution in [0.1, 0.15) is 265 Å². The summed E-state index contributed by atoms with van der Waals surface area (Å²) in [6.07, 6.45) is 67.0. The molecule has 12 heteroatoms. The van der Waals surface area contributed by atoms with Crippen LogP contribution in [0.5, 0.6) is 0 Å². The van der Waals surface area contributed by atoms with E-state index in [1.165, 1.54) is 122 Å². The summed E-state index contributed by atoms with van der Waals surface area (Å²) in [5.41, 5.74) is 0. The first-order valence-electron chi connectivity index (χ1n) is 30.5. The molecule has 3 atom stereocenters. The number of ether oxygens (including phenoxy) is 3. The van der Waals surface area contributed by atoms with E-state index in [2.05, 4.69) is 93.7 Å². The number of aliphatic hydroxyl groups is 1. The molecule has 0 aromatic rings. The van der Waals surface area contributed by atoms with Crippen LogP contribution in [-0.2, 0) is 42.2 Å². The van der Waals surface area contributed by atoms with Crippen molar-refractivity contribution in [3.05, 3.63) is 85.1 Å². The van der Waals surface area contributed by atoms with Crippen molar-refractivity contribution in [3.8, 4) is 0 Å². The zero-order valence-corrected chi connectivity index (χ0v) is 49.3. The van der Waals surface area contributed by atoms with Gasteiger partial charge in [0.25, 0.3) is 0 Å². The van der Waals surface area contributed by atoms with E-state index in [1.807, 2.05) is 12.2 Å². The van der Waals surface area contributed by atoms with Crippen molar-refractivity contribution in [2.75, 3.05) is 26.4 Å². The molecule has 3 unspecified atom stereocenters. The van der Waals surface area contributed by atoms with Gasteiger partial charge in [-0.1, -0.05) is 228 Å². The van der Waals surface area contributed by atoms with E-state index in [9.17, 15) is 28.9 Å². The van der Waals surface area contributed by atoms with E-state index < -0.39 is 57.8 Å². The van der Waals surface area contributed by atoms with E-state index in [1.54, 1.807) is 0 Å². The number of rotatable bonds is 56. The van der Waals surface area contributed by atoms with E-state index in [4.69, 9.17) is 23.3 Å². The number of hydrogen-bond acceptors (Lipinski definition) is 10. The van der Waals surface area contributed by atoms with Crippen molar-refractivity contribution in [3.63, 3.8) is 0 Å². The van der Waals surface area contributed by atoms with Gasteiger partial charge in [0.1, 0.15) is 12.7 Å². The van der Waals surface area contributed by atoms with Crippen molar-refractivity contribution < 1.29 is 52.2 Å². The topological polar surface area (TPSA) is 155 Å². The van der Waals surface area contributed by atoms with Gasteiger partial charge in [-0.25, -0.2) is 4.57 Å². The molecular weight excluding hydrogens is 976 g/mol. The third kappa shape index (κ3) is 55.4. The van der Waals surface area contributed by atoms with Crippen LogP contribution in [0.25, 0.3) is 0 Å². The van der Waals surface area contributed by atoms with Crippen LogP contribution in [0.2, 0.25) is 0 Å². The minimum absolute atomic E-state index is 0.0533. The number of esters is 3. The van der Waals surface area contributed by atoms with Gasteiger partial charge in [-0.15, -0.1) is 0 Å². The number of aliphatic hydroxyl groups excluding tert-OH is 1. The molecular formula is C64H111O11P. The molecule has 438 valence electrons. The van der Waals surface area contributed by atoms with Crippen molar-refractivity contribution in [2.24, 2.45) is 0 Å². The Morgan fingerprint density at radius 3 is 1.17 bits per heavy atom. The summed E-state index contributed by atoms with van der Waals surface area (Å²) in [6, 6.07) is 0. The molecule has 0 heterocycles. The molecule has 0 aliphatic rings. The Balaban J connectivity index is 4.77. The molecule has 0 aromatic carbocycles. The van der Waals surface area contributed by atoms with Gasteiger partial charge >= 0.3 is 25.7 Å². The standard InChI is InChI=1S/C64H111O11P/c1-4-7-10-13-16-19-22-25-27-29-30-32-33-36-38-41-44-47-50-53-62(66)71-57-61(75-64(68)55-52-49-46-43-40-37-34-31-28-26-23-20-17-14-11-8-5-2)59-73-76(69,70)72-58-60(56-65)74-63(67)54-51-48-45-42-39-35-24-21-18-15-12-9-6-3/h9,12,17-18,20-21,25-28,35,39,45,48,60-61,65H,4-8,10-11,13-16,19,22-24,29-34,36-38,40-44,46-47,49-59H2,1-3H3,(H,69,70)/b12-9-,20-17-,21-18-,27-25-,28-26-,39-35-,48-45-. The second-order valence-corrected chi connectivity index (χ2v) is 21.6. The van der Waals surface area contributed by atoms with Gasteiger partial charge in [-0.3, -0.25) is 23.4 Å². The highest BCUT2D eigenvalue weighted by atomic mass is 31.2. The fraction of sp³-hybridized carbons (Fsp3) is 0.734. The summed E-state index contributed by atoms with van der Waals surface area (Å²) in [5, 5.41) is 9.80. The third-order valence-corrected chi connectivity index (χ3v) is 13.7. The predicted molar refractivity (Wildman–Crippen MR) is 316 cm³/mol. The van der Waals surface area contributed by atoms with Crippen LogP contribution in [-0.4, -0.2) is 66.5 Å². The fourth-order valence-electron chi connectivity index (χ4n) is 8.16. The number of carbonyl (C=O) groups is 3. The maximum atomic E-state index is 12.9. The zero-order chi connectivity index (χ0) is 55.5. The highest BCUT2D eigenvalue weighted by Crippen LogP contribution is 2.43. The lowest BCUT2D eigenvalue weighted by Gasteiger charge is -2.21. The maximum Gasteiger partial charge on any atom is 0.472 e. The summed E-state index contributed by atoms with van der Waals surface area (Å²) in [4.78, 5) is 48.6. The Kier molecular flexibility index (Phi) is 55.3. The first-order chi connectivity index (χ1) is 37.2. The van der Waals surface area contributed by atoms with E-state index in [0.717, 1.165) is 83.5 Å². The summed E-state index contributed by atoms with van der Waals surface area (Å²) in [7, 11) is -4.77. The predicted octanol–water partition coefficient (Wildman–Crippen LogP) is 18.3. The second-order valence-electron chi connectivity index (χ2n) is 20.1. The smallest absolute Gasteiger partial charge is 0.462 e. The highest BCUT2D eigenvalue weighted by molar-refractivity contribution is 7.47. The van der Waals surface area contributed by atoms with Gasteiger partial charge in [-0.2, -0.15) is 0 Å². The summed E-state index contributed by atoms with van der Waals surface area (Å²) < 4.78 is 39.5. The summed E-state index contributed by atoms with van der Waals surface area (Å²) in [6.45, 7) is 4.43. The van der Waals surface area contributed by atoms with Crippen LogP contribution in [0.15, 0.2) is 85.1 Å². The van der Waals surface area contributed by atoms with Gasteiger partial charge in [-0.05, 0) is 103 Å². The molecule has 2 N–H and O–H groups in total. The van der Waals surface area contributed by atoms with Crippen LogP contribution >= 0.6 is 7.82 Å². The monoisotopic (exact) mass is 1090 g/mol. The molecule has 0 saturated heterocycles. The molecule has 0 saturated carbocycles. The van der Waals surface area contributed by atoms with Crippen LogP contribution < -0.4 is 0 Å². The number of phosphoric ester groups is 1. The quantitative estimate of drug-likeness (QED) is 0.0197. The minimum Gasteiger partial charge on any atom is -0.462 e. The van der Waals surface area contributed by atoms with Crippen LogP contribution in [0.4, 0.5) is 0 Å². The lowest BCUT2D eigenvalue weighted by atomic mass is 10.1. The van der Waals surface area contributed by atoms with Crippen molar-refractivity contribution in [1.29, 1.82) is 0 Å². The Labute approximate surface area is 464 Å². The molecule has 0 aliphatic carbocycles. The molecule has 0 fully saturated rings. The average molecular weight is 1090 g/mol. The number of allylic oxidation sites excluding steroid dienone is 14. The Morgan fingerprint density at radius 1 is 0.382 bits per heavy atom. The highest BCUT2D eigenvalue weighted by Gasteiger charge is 2.28. The minimum atomic E-state index is -4.77. The largest absolute Gasteiger partial charge is 0.472 e. The van der Waals surface area contributed by atoms with Crippen molar-refractivity contribution >= 4 is 25.7 Å². The first-order valence-corrected chi connectivity index (χ1v) is 32.0. The number of phosphoric acid groups is 1. The number of unbranched alkanes of at least 4 members (excludes halogenated alkanes) is 25. The molecule has 0 spiro atoms. The molecule has 76 heavy (non-hydrogen) atoms. The van der Waals surface area contributed by atoms with Gasteiger partial charge < -0.3 is 24.2 Å². The number of hydrogen-bond donors (Lipinski definition) is 2. The van der Waals surface area contributed by atoms with E-state index >= 15 is 0 Å². The molecule has 11 nitrogen and oxygen atoms in total. The molecule has 0 bridgehead atoms. The first kappa shape index (κ1) is 72.7. The van der Waals surface area contributed by atoms with Gasteiger partial charge in [0.2, 0.25) is 0 Å². The summed E-state index contributed by atoms with van der Waals surface area (Å²) in [5.74, 6) is -1.56. The normalized spacial score (nSPS) is 13.9. The molecule has 0 aromatic heterocycles. The Bertz CT molecular complexity index is 1600. The third-order valence-electron chi connectivity index (χ3n) is 12.8. The SMILES string of the molecule is CC/C=C\C/C=C\C/C=C\C/C=C\CCC(=O)OC(CO)COP(=O)(O)OCC(COC(=O)CCCCCCCCCCC/C=C\CCCCCCCC)OC(=O)CCCCCCCCC/C=C\C/C=C\CCCCC. The maximum absolute atomic E-state index is 12.9.